The van der Waals surface area contributed by atoms with Crippen molar-refractivity contribution >= 4 is 11.9 Å². The average molecular weight is 337 g/mol. The fourth-order valence-corrected chi connectivity index (χ4v) is 4.56. The van der Waals surface area contributed by atoms with Crippen molar-refractivity contribution in [2.45, 2.75) is 63.2 Å². The summed E-state index contributed by atoms with van der Waals surface area (Å²) in [6, 6.07) is 1.33. The Kier molecular flexibility index (Phi) is 4.52. The molecule has 1 N–H and O–H groups in total. The van der Waals surface area contributed by atoms with Crippen molar-refractivity contribution in [3.05, 3.63) is 0 Å². The van der Waals surface area contributed by atoms with Gasteiger partial charge in [-0.2, -0.15) is 5.26 Å². The lowest BCUT2D eigenvalue weighted by Crippen LogP contribution is -2.48. The Morgan fingerprint density at radius 3 is 2.71 bits per heavy atom. The Hall–Kier alpha value is -1.68. The molecule has 6 nitrogen and oxygen atoms in total. The smallest absolute Gasteiger partial charge is 0.312 e. The van der Waals surface area contributed by atoms with E-state index < -0.39 is 17.6 Å². The van der Waals surface area contributed by atoms with Crippen molar-refractivity contribution < 1.29 is 18.7 Å². The lowest BCUT2D eigenvalue weighted by molar-refractivity contribution is -0.154. The Balaban J connectivity index is 1.57. The van der Waals surface area contributed by atoms with Crippen molar-refractivity contribution in [3.63, 3.8) is 0 Å². The number of hydrogen-bond donors (Lipinski definition) is 1. The van der Waals surface area contributed by atoms with Gasteiger partial charge in [0.1, 0.15) is 12.2 Å². The highest BCUT2D eigenvalue weighted by molar-refractivity contribution is 5.80. The number of likely N-dealkylation sites (tertiary alicyclic amines) is 1. The zero-order valence-corrected chi connectivity index (χ0v) is 14.0. The summed E-state index contributed by atoms with van der Waals surface area (Å²) >= 11 is 0. The molecule has 2 saturated carbocycles. The van der Waals surface area contributed by atoms with Crippen LogP contribution in [0, 0.1) is 16.7 Å². The van der Waals surface area contributed by atoms with Crippen molar-refractivity contribution in [1.82, 2.24) is 10.2 Å². The van der Waals surface area contributed by atoms with Crippen LogP contribution >= 0.6 is 0 Å². The molecular weight excluding hydrogens is 313 g/mol. The van der Waals surface area contributed by atoms with Crippen LogP contribution in [-0.4, -0.2) is 54.2 Å². The summed E-state index contributed by atoms with van der Waals surface area (Å²) in [4.78, 5) is 25.9. The molecule has 1 heterocycles. The van der Waals surface area contributed by atoms with Crippen LogP contribution in [0.3, 0.4) is 0 Å². The Bertz CT molecular complexity index is 566. The summed E-state index contributed by atoms with van der Waals surface area (Å²) in [5, 5.41) is 12.4. The van der Waals surface area contributed by atoms with E-state index in [0.717, 1.165) is 25.7 Å². The molecule has 1 saturated heterocycles. The molecule has 0 unspecified atom stereocenters. The van der Waals surface area contributed by atoms with Crippen molar-refractivity contribution in [3.8, 4) is 6.07 Å². The maximum absolute atomic E-state index is 13.5. The summed E-state index contributed by atoms with van der Waals surface area (Å²) in [5.41, 5.74) is -0.613. The van der Waals surface area contributed by atoms with Crippen molar-refractivity contribution in [2.24, 2.45) is 5.41 Å². The van der Waals surface area contributed by atoms with Crippen molar-refractivity contribution in [1.29, 1.82) is 5.26 Å². The van der Waals surface area contributed by atoms with E-state index in [0.29, 0.717) is 13.0 Å². The molecular formula is C17H24FN3O3. The number of nitrogens with zero attached hydrogens (tertiary/aromatic N) is 2. The van der Waals surface area contributed by atoms with Crippen LogP contribution in [0.4, 0.5) is 4.39 Å². The van der Waals surface area contributed by atoms with E-state index in [1.54, 1.807) is 0 Å². The van der Waals surface area contributed by atoms with Crippen LogP contribution in [0.25, 0.3) is 0 Å². The first-order chi connectivity index (χ1) is 11.4. The number of carbonyl (C=O) groups excluding carboxylic acids is 2. The lowest BCUT2D eigenvalue weighted by Gasteiger charge is -2.29. The SMILES string of the molecule is CCOC(=O)C12CCC(NCC(=O)N3C[C@@H](F)C[C@H]3C#N)(CC1)C2. The molecule has 1 amide bonds. The van der Waals surface area contributed by atoms with Crippen LogP contribution in [0.1, 0.15) is 45.4 Å². The molecule has 0 aromatic heterocycles. The topological polar surface area (TPSA) is 82.4 Å². The van der Waals surface area contributed by atoms with Gasteiger partial charge >= 0.3 is 5.97 Å². The molecule has 3 rings (SSSR count). The second-order valence-corrected chi connectivity index (χ2v) is 7.34. The normalized spacial score (nSPS) is 37.5. The quantitative estimate of drug-likeness (QED) is 0.765. The Labute approximate surface area is 141 Å². The summed E-state index contributed by atoms with van der Waals surface area (Å²) < 4.78 is 18.7. The number of ether oxygens (including phenoxy) is 1. The Morgan fingerprint density at radius 2 is 2.08 bits per heavy atom. The summed E-state index contributed by atoms with van der Waals surface area (Å²) in [6.07, 6.45) is 2.91. The zero-order valence-electron chi connectivity index (χ0n) is 14.0. The van der Waals surface area contributed by atoms with E-state index in [9.17, 15) is 14.0 Å². The minimum Gasteiger partial charge on any atom is -0.466 e. The molecule has 3 fully saturated rings. The lowest BCUT2D eigenvalue weighted by atomic mass is 9.84. The molecule has 0 aromatic carbocycles. The minimum absolute atomic E-state index is 0.00148. The van der Waals surface area contributed by atoms with Crippen LogP contribution in [0.2, 0.25) is 0 Å². The standard InChI is InChI=1S/C17H24FN3O3/c1-2-24-15(23)16-3-5-17(11-16,6-4-16)20-9-14(22)21-10-12(18)7-13(21)8-19/h12-13,20H,2-7,9-11H2,1H3/t12-,13-,16?,17?/m0/s1. The summed E-state index contributed by atoms with van der Waals surface area (Å²) in [7, 11) is 0. The molecule has 7 heteroatoms. The van der Waals surface area contributed by atoms with Crippen LogP contribution in [-0.2, 0) is 14.3 Å². The molecule has 0 aromatic rings. The number of halogens is 1. The highest BCUT2D eigenvalue weighted by Crippen LogP contribution is 2.57. The molecule has 132 valence electrons. The predicted octanol–water partition coefficient (Wildman–Crippen LogP) is 1.30. The van der Waals surface area contributed by atoms with Crippen LogP contribution < -0.4 is 5.32 Å². The predicted molar refractivity (Wildman–Crippen MR) is 83.5 cm³/mol. The molecule has 3 aliphatic rings. The minimum atomic E-state index is -1.12. The fraction of sp³-hybridized carbons (Fsp3) is 0.824. The highest BCUT2D eigenvalue weighted by Gasteiger charge is 2.58. The maximum Gasteiger partial charge on any atom is 0.312 e. The van der Waals surface area contributed by atoms with Gasteiger partial charge in [0, 0.05) is 12.0 Å². The number of esters is 1. The monoisotopic (exact) mass is 337 g/mol. The third kappa shape index (κ3) is 2.88. The van der Waals surface area contributed by atoms with Gasteiger partial charge in [-0.25, -0.2) is 4.39 Å². The molecule has 2 atom stereocenters. The van der Waals surface area contributed by atoms with Gasteiger partial charge in [0.2, 0.25) is 5.91 Å². The largest absolute Gasteiger partial charge is 0.466 e. The summed E-state index contributed by atoms with van der Waals surface area (Å²) in [6.45, 7) is 2.28. The molecule has 2 bridgehead atoms. The molecule has 2 aliphatic carbocycles. The van der Waals surface area contributed by atoms with E-state index in [2.05, 4.69) is 5.32 Å². The molecule has 1 aliphatic heterocycles. The molecule has 24 heavy (non-hydrogen) atoms. The number of fused-ring (bicyclic) bond motifs is 2. The van der Waals surface area contributed by atoms with E-state index >= 15 is 0 Å². The number of nitrogens with one attached hydrogen (secondary N) is 1. The van der Waals surface area contributed by atoms with Gasteiger partial charge in [0.05, 0.1) is 31.2 Å². The number of carbonyl (C=O) groups is 2. The van der Waals surface area contributed by atoms with Crippen LogP contribution in [0.15, 0.2) is 0 Å². The first-order valence-electron chi connectivity index (χ1n) is 8.69. The van der Waals surface area contributed by atoms with E-state index in [1.165, 1.54) is 4.90 Å². The first-order valence-corrected chi connectivity index (χ1v) is 8.69. The number of nitriles is 1. The molecule has 0 spiro atoms. The third-order valence-corrected chi connectivity index (χ3v) is 5.88. The van der Waals surface area contributed by atoms with E-state index in [4.69, 9.17) is 10.00 Å². The third-order valence-electron chi connectivity index (χ3n) is 5.88. The second kappa shape index (κ2) is 6.32. The van der Waals surface area contributed by atoms with Gasteiger partial charge in [-0.1, -0.05) is 0 Å². The van der Waals surface area contributed by atoms with Gasteiger partial charge in [-0.3, -0.25) is 9.59 Å². The average Bonchev–Trinajstić information content (AvgIpc) is 3.25. The van der Waals surface area contributed by atoms with Crippen molar-refractivity contribution in [2.75, 3.05) is 19.7 Å². The number of amides is 1. The fourth-order valence-electron chi connectivity index (χ4n) is 4.56. The highest BCUT2D eigenvalue weighted by atomic mass is 19.1. The van der Waals surface area contributed by atoms with E-state index in [-0.39, 0.29) is 36.9 Å². The van der Waals surface area contributed by atoms with Gasteiger partial charge in [0.25, 0.3) is 0 Å². The first kappa shape index (κ1) is 17.2. The van der Waals surface area contributed by atoms with E-state index in [1.807, 2.05) is 13.0 Å². The van der Waals surface area contributed by atoms with Crippen LogP contribution in [0.5, 0.6) is 0 Å². The Morgan fingerprint density at radius 1 is 1.38 bits per heavy atom. The zero-order chi connectivity index (χ0) is 17.4. The van der Waals surface area contributed by atoms with Gasteiger partial charge in [-0.05, 0) is 39.0 Å². The van der Waals surface area contributed by atoms with Gasteiger partial charge < -0.3 is 15.0 Å². The van der Waals surface area contributed by atoms with Gasteiger partial charge in [0.15, 0.2) is 0 Å². The summed E-state index contributed by atoms with van der Waals surface area (Å²) in [5.74, 6) is -0.363. The number of alkyl halides is 1. The second-order valence-electron chi connectivity index (χ2n) is 7.34. The number of hydrogen-bond acceptors (Lipinski definition) is 5. The number of rotatable bonds is 5. The maximum atomic E-state index is 13.5. The van der Waals surface area contributed by atoms with Gasteiger partial charge in [-0.15, -0.1) is 0 Å². The molecule has 0 radical (unpaired) electrons.